The summed E-state index contributed by atoms with van der Waals surface area (Å²) in [5.74, 6) is 0. The fourth-order valence-electron chi connectivity index (χ4n) is 1.58. The van der Waals surface area contributed by atoms with Crippen LogP contribution in [0.4, 0.5) is 5.69 Å². The highest BCUT2D eigenvalue weighted by atomic mass is 35.5. The maximum Gasteiger partial charge on any atom is 0.263 e. The van der Waals surface area contributed by atoms with Crippen LogP contribution in [0.25, 0.3) is 0 Å². The normalized spacial score (nSPS) is 11.5. The van der Waals surface area contributed by atoms with Crippen LogP contribution in [0.15, 0.2) is 35.5 Å². The molecule has 0 fully saturated rings. The summed E-state index contributed by atoms with van der Waals surface area (Å²) in [4.78, 5) is 0.0446. The molecule has 1 aromatic carbocycles. The van der Waals surface area contributed by atoms with Crippen LogP contribution in [-0.4, -0.2) is 25.7 Å². The molecule has 2 aromatic rings. The minimum Gasteiger partial charge on any atom is -0.316 e. The molecule has 8 heteroatoms. The molecule has 0 aliphatic heterocycles. The van der Waals surface area contributed by atoms with Crippen molar-refractivity contribution in [2.75, 3.05) is 11.8 Å². The van der Waals surface area contributed by atoms with Crippen molar-refractivity contribution in [2.45, 2.75) is 11.4 Å². The Balaban J connectivity index is 2.36. The minimum absolute atomic E-state index is 0.0446. The van der Waals surface area contributed by atoms with Crippen molar-refractivity contribution in [3.63, 3.8) is 0 Å². The van der Waals surface area contributed by atoms with E-state index in [1.165, 1.54) is 12.4 Å². The number of aromatic amines is 1. The van der Waals surface area contributed by atoms with Gasteiger partial charge in [-0.2, -0.15) is 5.10 Å². The lowest BCUT2D eigenvalue weighted by Gasteiger charge is -2.09. The molecular formula is C11H13ClN4O2S. The summed E-state index contributed by atoms with van der Waals surface area (Å²) in [6.45, 7) is 0.561. The van der Waals surface area contributed by atoms with Gasteiger partial charge in [0.15, 0.2) is 0 Å². The van der Waals surface area contributed by atoms with E-state index in [1.54, 1.807) is 25.2 Å². The predicted octanol–water partition coefficient (Wildman–Crippen LogP) is 1.58. The van der Waals surface area contributed by atoms with Gasteiger partial charge in [0.2, 0.25) is 0 Å². The molecule has 0 unspecified atom stereocenters. The molecule has 0 atom stereocenters. The Hall–Kier alpha value is -1.57. The second-order valence-corrected chi connectivity index (χ2v) is 5.95. The van der Waals surface area contributed by atoms with E-state index in [2.05, 4.69) is 20.2 Å². The third-order valence-corrected chi connectivity index (χ3v) is 4.28. The first-order chi connectivity index (χ1) is 9.03. The number of halogens is 1. The van der Waals surface area contributed by atoms with Gasteiger partial charge < -0.3 is 5.32 Å². The van der Waals surface area contributed by atoms with Crippen molar-refractivity contribution in [1.82, 2.24) is 15.5 Å². The number of sulfonamides is 1. The van der Waals surface area contributed by atoms with E-state index < -0.39 is 10.0 Å². The lowest BCUT2D eigenvalue weighted by Crippen LogP contribution is -2.14. The number of rotatable bonds is 5. The molecule has 0 spiro atoms. The fourth-order valence-corrected chi connectivity index (χ4v) is 3.17. The quantitative estimate of drug-likeness (QED) is 0.782. The van der Waals surface area contributed by atoms with Gasteiger partial charge in [-0.25, -0.2) is 8.42 Å². The van der Waals surface area contributed by atoms with Crippen LogP contribution in [0.5, 0.6) is 0 Å². The van der Waals surface area contributed by atoms with Gasteiger partial charge in [-0.15, -0.1) is 0 Å². The van der Waals surface area contributed by atoms with Crippen LogP contribution in [-0.2, 0) is 16.6 Å². The molecule has 0 amide bonds. The zero-order chi connectivity index (χ0) is 13.9. The van der Waals surface area contributed by atoms with E-state index in [9.17, 15) is 8.42 Å². The van der Waals surface area contributed by atoms with E-state index in [-0.39, 0.29) is 9.92 Å². The Kier molecular flexibility index (Phi) is 4.08. The van der Waals surface area contributed by atoms with Gasteiger partial charge in [0.05, 0.1) is 16.9 Å². The average molecular weight is 301 g/mol. The van der Waals surface area contributed by atoms with Gasteiger partial charge >= 0.3 is 0 Å². The third kappa shape index (κ3) is 3.25. The van der Waals surface area contributed by atoms with Crippen LogP contribution >= 0.6 is 11.6 Å². The van der Waals surface area contributed by atoms with Crippen molar-refractivity contribution in [3.05, 3.63) is 41.2 Å². The Morgan fingerprint density at radius 2 is 2.21 bits per heavy atom. The van der Waals surface area contributed by atoms with Crippen molar-refractivity contribution in [1.29, 1.82) is 0 Å². The van der Waals surface area contributed by atoms with E-state index in [4.69, 9.17) is 11.6 Å². The molecule has 19 heavy (non-hydrogen) atoms. The number of hydrogen-bond acceptors (Lipinski definition) is 4. The van der Waals surface area contributed by atoms with Crippen LogP contribution in [0, 0.1) is 0 Å². The number of hydrogen-bond donors (Lipinski definition) is 3. The average Bonchev–Trinajstić information content (AvgIpc) is 2.84. The molecule has 0 radical (unpaired) electrons. The largest absolute Gasteiger partial charge is 0.316 e. The first-order valence-electron chi connectivity index (χ1n) is 5.47. The van der Waals surface area contributed by atoms with E-state index in [0.717, 1.165) is 5.56 Å². The smallest absolute Gasteiger partial charge is 0.263 e. The summed E-state index contributed by atoms with van der Waals surface area (Å²) >= 11 is 5.96. The standard InChI is InChI=1S/C11H13ClN4O2S/c1-13-5-8-2-3-10(12)11(4-8)19(17,18)16-9-6-14-15-7-9/h2-4,6-7,13,16H,5H2,1H3,(H,14,15). The fraction of sp³-hybridized carbons (Fsp3) is 0.182. The third-order valence-electron chi connectivity index (χ3n) is 2.42. The maximum atomic E-state index is 12.2. The maximum absolute atomic E-state index is 12.2. The second-order valence-electron chi connectivity index (χ2n) is 3.89. The summed E-state index contributed by atoms with van der Waals surface area (Å²) in [7, 11) is -1.94. The van der Waals surface area contributed by atoms with Crippen LogP contribution < -0.4 is 10.0 Å². The SMILES string of the molecule is CNCc1ccc(Cl)c(S(=O)(=O)Nc2cn[nH]c2)c1. The van der Waals surface area contributed by atoms with Crippen molar-refractivity contribution >= 4 is 27.3 Å². The highest BCUT2D eigenvalue weighted by molar-refractivity contribution is 7.92. The van der Waals surface area contributed by atoms with Crippen LogP contribution in [0.3, 0.4) is 0 Å². The molecular weight excluding hydrogens is 288 g/mol. The van der Waals surface area contributed by atoms with Gasteiger partial charge in [0.1, 0.15) is 4.90 Å². The number of H-pyrrole nitrogens is 1. The Morgan fingerprint density at radius 3 is 2.84 bits per heavy atom. The summed E-state index contributed by atoms with van der Waals surface area (Å²) < 4.78 is 26.8. The monoisotopic (exact) mass is 300 g/mol. The minimum atomic E-state index is -3.72. The molecule has 0 bridgehead atoms. The number of benzene rings is 1. The van der Waals surface area contributed by atoms with Crippen molar-refractivity contribution < 1.29 is 8.42 Å². The van der Waals surface area contributed by atoms with E-state index in [0.29, 0.717) is 12.2 Å². The van der Waals surface area contributed by atoms with Crippen LogP contribution in [0.1, 0.15) is 5.56 Å². The molecule has 2 rings (SSSR count). The van der Waals surface area contributed by atoms with Crippen molar-refractivity contribution in [3.8, 4) is 0 Å². The molecule has 0 aliphatic rings. The van der Waals surface area contributed by atoms with Gasteiger partial charge in [0.25, 0.3) is 10.0 Å². The zero-order valence-electron chi connectivity index (χ0n) is 10.1. The lowest BCUT2D eigenvalue weighted by molar-refractivity contribution is 0.601. The van der Waals surface area contributed by atoms with Crippen molar-refractivity contribution in [2.24, 2.45) is 0 Å². The molecule has 0 saturated heterocycles. The van der Waals surface area contributed by atoms with Gasteiger partial charge in [-0.05, 0) is 24.7 Å². The number of aromatic nitrogens is 2. The Morgan fingerprint density at radius 1 is 1.42 bits per heavy atom. The topological polar surface area (TPSA) is 86.9 Å². The summed E-state index contributed by atoms with van der Waals surface area (Å²) in [6.07, 6.45) is 2.83. The van der Waals surface area contributed by atoms with Gasteiger partial charge in [0, 0.05) is 12.7 Å². The number of nitrogens with one attached hydrogen (secondary N) is 3. The van der Waals surface area contributed by atoms with Crippen LogP contribution in [0.2, 0.25) is 5.02 Å². The Bertz CT molecular complexity index is 655. The van der Waals surface area contributed by atoms with E-state index >= 15 is 0 Å². The Labute approximate surface area is 116 Å². The highest BCUT2D eigenvalue weighted by Gasteiger charge is 2.19. The van der Waals surface area contributed by atoms with Gasteiger partial charge in [-0.1, -0.05) is 17.7 Å². The highest BCUT2D eigenvalue weighted by Crippen LogP contribution is 2.24. The predicted molar refractivity (Wildman–Crippen MR) is 73.6 cm³/mol. The molecule has 0 aliphatic carbocycles. The zero-order valence-corrected chi connectivity index (χ0v) is 11.7. The van der Waals surface area contributed by atoms with Gasteiger partial charge in [-0.3, -0.25) is 9.82 Å². The molecule has 1 aromatic heterocycles. The molecule has 3 N–H and O–H groups in total. The summed E-state index contributed by atoms with van der Waals surface area (Å²) in [6, 6.07) is 4.88. The molecule has 102 valence electrons. The number of anilines is 1. The first kappa shape index (κ1) is 13.9. The second kappa shape index (κ2) is 5.60. The molecule has 0 saturated carbocycles. The summed E-state index contributed by atoms with van der Waals surface area (Å²) in [5, 5.41) is 9.34. The molecule has 6 nitrogen and oxygen atoms in total. The lowest BCUT2D eigenvalue weighted by atomic mass is 10.2. The summed E-state index contributed by atoms with van der Waals surface area (Å²) in [5.41, 5.74) is 1.19. The van der Waals surface area contributed by atoms with E-state index in [1.807, 2.05) is 0 Å². The number of nitrogens with zero attached hydrogens (tertiary/aromatic N) is 1. The molecule has 1 heterocycles. The first-order valence-corrected chi connectivity index (χ1v) is 7.33.